The Balaban J connectivity index is 0.000000686. The molecule has 1 aliphatic heterocycles. The maximum Gasteiger partial charge on any atom is 0.376 e. The van der Waals surface area contributed by atoms with Crippen molar-refractivity contribution in [2.24, 2.45) is 5.92 Å². The third kappa shape index (κ3) is 4.52. The summed E-state index contributed by atoms with van der Waals surface area (Å²) in [4.78, 5) is 6.19. The summed E-state index contributed by atoms with van der Waals surface area (Å²) in [7, 11) is -0.310. The summed E-state index contributed by atoms with van der Waals surface area (Å²) in [5, 5.41) is 9.53. The van der Waals surface area contributed by atoms with Crippen LogP contribution in [0.4, 0.5) is 0 Å². The van der Waals surface area contributed by atoms with Crippen LogP contribution >= 0.6 is 0 Å². The first kappa shape index (κ1) is 14.3. The normalized spacial score (nSPS) is 20.6. The number of aromatic nitrogens is 2. The molecule has 1 aromatic heterocycles. The van der Waals surface area contributed by atoms with Gasteiger partial charge in [-0.15, -0.1) is 0 Å². The minimum Gasteiger partial charge on any atom is -0.437 e. The van der Waals surface area contributed by atoms with Crippen LogP contribution in [0.15, 0.2) is 18.7 Å². The van der Waals surface area contributed by atoms with Crippen LogP contribution in [0.1, 0.15) is 26.7 Å². The zero-order chi connectivity index (χ0) is 12.7. The molecule has 0 bridgehead atoms. The highest BCUT2D eigenvalue weighted by Crippen LogP contribution is 2.18. The Kier molecular flexibility index (Phi) is 6.30. The van der Waals surface area contributed by atoms with Crippen LogP contribution in [0.3, 0.4) is 0 Å². The monoisotopic (exact) mass is 237 g/mol. The van der Waals surface area contributed by atoms with E-state index in [4.69, 9.17) is 0 Å². The molecule has 4 nitrogen and oxygen atoms in total. The number of hydrogen-bond acceptors (Lipinski definition) is 3. The van der Waals surface area contributed by atoms with E-state index in [9.17, 15) is 5.02 Å². The molecule has 0 amide bonds. The summed E-state index contributed by atoms with van der Waals surface area (Å²) in [5.74, 6) is 0.641. The second-order valence-electron chi connectivity index (χ2n) is 4.39. The Morgan fingerprint density at radius 2 is 2.24 bits per heavy atom. The fraction of sp³-hybridized carbons (Fsp3) is 0.750. The summed E-state index contributed by atoms with van der Waals surface area (Å²) in [6.07, 6.45) is 8.11. The fourth-order valence-corrected chi connectivity index (χ4v) is 2.28. The Morgan fingerprint density at radius 3 is 2.82 bits per heavy atom. The molecule has 0 spiro atoms. The molecule has 0 aliphatic carbocycles. The molecule has 0 radical (unpaired) electrons. The van der Waals surface area contributed by atoms with Crippen LogP contribution in [-0.4, -0.2) is 39.5 Å². The van der Waals surface area contributed by atoms with Gasteiger partial charge in [-0.25, -0.2) is 4.98 Å². The van der Waals surface area contributed by atoms with Gasteiger partial charge in [-0.2, -0.15) is 0 Å². The SMILES string of the molecule is CB(O)N1CCC[C@@H](Cn2ccnc2)C1.CC. The van der Waals surface area contributed by atoms with Gasteiger partial charge >= 0.3 is 7.05 Å². The minimum absolute atomic E-state index is 0.310. The Hall–Kier alpha value is -0.805. The number of imidazole rings is 1. The Labute approximate surface area is 105 Å². The van der Waals surface area contributed by atoms with E-state index in [1.54, 1.807) is 0 Å². The van der Waals surface area contributed by atoms with E-state index in [-0.39, 0.29) is 7.05 Å². The van der Waals surface area contributed by atoms with Crippen LogP contribution in [0.2, 0.25) is 6.82 Å². The standard InChI is InChI=1S/C10H18BN3O.C2H6/c1-11(15)14-5-2-3-10(8-14)7-13-6-4-12-9-13;1-2/h4,6,9-10,15H,2-3,5,7-8H2,1H3;1-2H3/t10-;/m0./s1. The molecule has 2 rings (SSSR count). The highest BCUT2D eigenvalue weighted by molar-refractivity contribution is 6.45. The van der Waals surface area contributed by atoms with Crippen LogP contribution in [0, 0.1) is 5.92 Å². The van der Waals surface area contributed by atoms with Crippen molar-refractivity contribution in [3.05, 3.63) is 18.7 Å². The third-order valence-electron chi connectivity index (χ3n) is 3.11. The average Bonchev–Trinajstić information content (AvgIpc) is 2.85. The van der Waals surface area contributed by atoms with E-state index in [1.165, 1.54) is 12.8 Å². The first-order valence-corrected chi connectivity index (χ1v) is 6.63. The molecule has 2 heterocycles. The molecule has 96 valence electrons. The van der Waals surface area contributed by atoms with Gasteiger partial charge in [0.05, 0.1) is 6.33 Å². The highest BCUT2D eigenvalue weighted by atomic mass is 16.2. The van der Waals surface area contributed by atoms with E-state index in [2.05, 4.69) is 14.4 Å². The number of rotatable bonds is 3. The molecule has 1 aromatic rings. The average molecular weight is 237 g/mol. The van der Waals surface area contributed by atoms with Crippen molar-refractivity contribution in [2.75, 3.05) is 13.1 Å². The van der Waals surface area contributed by atoms with Gasteiger partial charge in [0.25, 0.3) is 0 Å². The first-order chi connectivity index (χ1) is 8.25. The summed E-state index contributed by atoms with van der Waals surface area (Å²) >= 11 is 0. The van der Waals surface area contributed by atoms with Gasteiger partial charge in [-0.3, -0.25) is 0 Å². The lowest BCUT2D eigenvalue weighted by Gasteiger charge is -2.33. The molecule has 0 saturated carbocycles. The maximum atomic E-state index is 9.53. The summed E-state index contributed by atoms with van der Waals surface area (Å²) in [5.41, 5.74) is 0. The van der Waals surface area contributed by atoms with Crippen molar-refractivity contribution in [3.63, 3.8) is 0 Å². The van der Waals surface area contributed by atoms with Crippen LogP contribution in [-0.2, 0) is 6.54 Å². The number of hydrogen-bond donors (Lipinski definition) is 1. The van der Waals surface area contributed by atoms with E-state index in [0.717, 1.165) is 19.6 Å². The molecule has 1 saturated heterocycles. The van der Waals surface area contributed by atoms with Crippen molar-refractivity contribution >= 4 is 7.05 Å². The summed E-state index contributed by atoms with van der Waals surface area (Å²) in [6.45, 7) is 8.89. The molecule has 17 heavy (non-hydrogen) atoms. The quantitative estimate of drug-likeness (QED) is 0.814. The Morgan fingerprint density at radius 1 is 1.47 bits per heavy atom. The number of piperidine rings is 1. The van der Waals surface area contributed by atoms with Gasteiger partial charge in [0.15, 0.2) is 0 Å². The predicted octanol–water partition coefficient (Wildman–Crippen LogP) is 1.73. The minimum atomic E-state index is -0.310. The lowest BCUT2D eigenvalue weighted by molar-refractivity contribution is 0.225. The van der Waals surface area contributed by atoms with E-state index < -0.39 is 0 Å². The molecule has 0 unspecified atom stereocenters. The van der Waals surface area contributed by atoms with Crippen LogP contribution in [0.5, 0.6) is 0 Å². The van der Waals surface area contributed by atoms with E-state index in [1.807, 2.05) is 39.4 Å². The zero-order valence-electron chi connectivity index (χ0n) is 11.2. The second kappa shape index (κ2) is 7.51. The predicted molar refractivity (Wildman–Crippen MR) is 71.7 cm³/mol. The molecule has 0 aromatic carbocycles. The fourth-order valence-electron chi connectivity index (χ4n) is 2.28. The van der Waals surface area contributed by atoms with E-state index in [0.29, 0.717) is 5.92 Å². The largest absolute Gasteiger partial charge is 0.437 e. The topological polar surface area (TPSA) is 41.3 Å². The Bertz CT molecular complexity index is 290. The molecule has 1 fully saturated rings. The van der Waals surface area contributed by atoms with Crippen molar-refractivity contribution < 1.29 is 5.02 Å². The van der Waals surface area contributed by atoms with Crippen molar-refractivity contribution in [1.82, 2.24) is 14.4 Å². The highest BCUT2D eigenvalue weighted by Gasteiger charge is 2.24. The maximum absolute atomic E-state index is 9.53. The molecular weight excluding hydrogens is 213 g/mol. The molecule has 1 N–H and O–H groups in total. The lowest BCUT2D eigenvalue weighted by atomic mass is 9.80. The van der Waals surface area contributed by atoms with Gasteiger partial charge in [-0.05, 0) is 38.7 Å². The van der Waals surface area contributed by atoms with Gasteiger partial charge in [-0.1, -0.05) is 13.8 Å². The molecule has 1 aliphatic rings. The molecular formula is C12H24BN3O. The molecule has 1 atom stereocenters. The van der Waals surface area contributed by atoms with Gasteiger partial charge in [0, 0.05) is 18.9 Å². The van der Waals surface area contributed by atoms with Crippen molar-refractivity contribution in [1.29, 1.82) is 0 Å². The zero-order valence-corrected chi connectivity index (χ0v) is 11.2. The van der Waals surface area contributed by atoms with Gasteiger partial charge < -0.3 is 14.4 Å². The number of nitrogens with zero attached hydrogens (tertiary/aromatic N) is 3. The van der Waals surface area contributed by atoms with Crippen LogP contribution < -0.4 is 0 Å². The lowest BCUT2D eigenvalue weighted by Crippen LogP contribution is -2.45. The summed E-state index contributed by atoms with van der Waals surface area (Å²) in [6, 6.07) is 0. The van der Waals surface area contributed by atoms with Crippen molar-refractivity contribution in [2.45, 2.75) is 40.1 Å². The van der Waals surface area contributed by atoms with Crippen LogP contribution in [0.25, 0.3) is 0 Å². The first-order valence-electron chi connectivity index (χ1n) is 6.63. The van der Waals surface area contributed by atoms with E-state index >= 15 is 0 Å². The smallest absolute Gasteiger partial charge is 0.376 e. The third-order valence-corrected chi connectivity index (χ3v) is 3.11. The van der Waals surface area contributed by atoms with Gasteiger partial charge in [0.1, 0.15) is 0 Å². The second-order valence-corrected chi connectivity index (χ2v) is 4.39. The van der Waals surface area contributed by atoms with Crippen molar-refractivity contribution in [3.8, 4) is 0 Å². The summed E-state index contributed by atoms with van der Waals surface area (Å²) < 4.78 is 2.12. The molecule has 5 heteroatoms. The van der Waals surface area contributed by atoms with Gasteiger partial charge in [0.2, 0.25) is 0 Å².